The molecule has 106 valence electrons. The van der Waals surface area contributed by atoms with Gasteiger partial charge in [-0.25, -0.2) is 0 Å². The summed E-state index contributed by atoms with van der Waals surface area (Å²) >= 11 is 0. The molecule has 2 fully saturated rings. The van der Waals surface area contributed by atoms with Crippen molar-refractivity contribution in [1.29, 1.82) is 0 Å². The maximum Gasteiger partial charge on any atom is 0.220 e. The van der Waals surface area contributed by atoms with Crippen molar-refractivity contribution < 1.29 is 4.79 Å². The Hall–Kier alpha value is -0.280. The second kappa shape index (κ2) is 6.76. The lowest BCUT2D eigenvalue weighted by molar-refractivity contribution is -0.124. The number of fused-ring (bicyclic) bond motifs is 2. The maximum atomic E-state index is 11.9. The summed E-state index contributed by atoms with van der Waals surface area (Å²) in [7, 11) is 0. The Morgan fingerprint density at radius 1 is 1.28 bits per heavy atom. The second-order valence-electron chi connectivity index (χ2n) is 6.37. The molecule has 0 spiro atoms. The van der Waals surface area contributed by atoms with Crippen LogP contribution >= 0.6 is 12.4 Å². The Morgan fingerprint density at radius 3 is 2.33 bits per heavy atom. The summed E-state index contributed by atoms with van der Waals surface area (Å²) in [6, 6.07) is 0.776. The van der Waals surface area contributed by atoms with Crippen molar-refractivity contribution in [3.63, 3.8) is 0 Å². The zero-order chi connectivity index (χ0) is 12.4. The minimum absolute atomic E-state index is 0. The molecule has 0 aromatic heterocycles. The molecule has 2 bridgehead atoms. The molecule has 18 heavy (non-hydrogen) atoms. The highest BCUT2D eigenvalue weighted by molar-refractivity contribution is 5.85. The SMILES string of the molecule is CC(C)CC(=O)NC1C2CCCC1CC(N)C2.Cl. The highest BCUT2D eigenvalue weighted by Crippen LogP contribution is 2.39. The Bertz CT molecular complexity index is 269. The first-order chi connectivity index (χ1) is 8.06. The van der Waals surface area contributed by atoms with Crippen LogP contribution in [-0.4, -0.2) is 18.0 Å². The molecule has 2 saturated carbocycles. The number of hydrogen-bond donors (Lipinski definition) is 2. The predicted octanol–water partition coefficient (Wildman–Crippen LogP) is 2.48. The van der Waals surface area contributed by atoms with Gasteiger partial charge in [0.25, 0.3) is 0 Å². The number of rotatable bonds is 3. The molecule has 0 aliphatic heterocycles. The van der Waals surface area contributed by atoms with E-state index in [0.717, 1.165) is 12.8 Å². The van der Waals surface area contributed by atoms with Gasteiger partial charge in [-0.1, -0.05) is 20.3 Å². The fraction of sp³-hybridized carbons (Fsp3) is 0.929. The van der Waals surface area contributed by atoms with Crippen LogP contribution in [0, 0.1) is 17.8 Å². The van der Waals surface area contributed by atoms with Crippen LogP contribution in [0.2, 0.25) is 0 Å². The zero-order valence-electron chi connectivity index (χ0n) is 11.5. The van der Waals surface area contributed by atoms with Crippen molar-refractivity contribution in [2.24, 2.45) is 23.5 Å². The molecule has 2 unspecified atom stereocenters. The predicted molar refractivity (Wildman–Crippen MR) is 76.7 cm³/mol. The Kier molecular flexibility index (Phi) is 5.93. The average Bonchev–Trinajstić information content (AvgIpc) is 2.18. The number of hydrogen-bond acceptors (Lipinski definition) is 2. The summed E-state index contributed by atoms with van der Waals surface area (Å²) in [6.07, 6.45) is 6.67. The summed E-state index contributed by atoms with van der Waals surface area (Å²) in [5.74, 6) is 1.94. The van der Waals surface area contributed by atoms with Crippen molar-refractivity contribution in [1.82, 2.24) is 5.32 Å². The van der Waals surface area contributed by atoms with Gasteiger partial charge in [0.15, 0.2) is 0 Å². The summed E-state index contributed by atoms with van der Waals surface area (Å²) in [6.45, 7) is 4.19. The molecule has 2 atom stereocenters. The molecular weight excluding hydrogens is 248 g/mol. The maximum absolute atomic E-state index is 11.9. The van der Waals surface area contributed by atoms with Crippen molar-refractivity contribution in [2.75, 3.05) is 0 Å². The normalized spacial score (nSPS) is 34.9. The quantitative estimate of drug-likeness (QED) is 0.831. The van der Waals surface area contributed by atoms with Crippen LogP contribution in [0.4, 0.5) is 0 Å². The Morgan fingerprint density at radius 2 is 1.83 bits per heavy atom. The number of carbonyl (C=O) groups is 1. The largest absolute Gasteiger partial charge is 0.353 e. The molecule has 0 aromatic carbocycles. The van der Waals surface area contributed by atoms with Gasteiger partial charge in [-0.15, -0.1) is 12.4 Å². The third-order valence-electron chi connectivity index (χ3n) is 4.30. The first-order valence-corrected chi connectivity index (χ1v) is 7.11. The minimum Gasteiger partial charge on any atom is -0.353 e. The fourth-order valence-corrected chi connectivity index (χ4v) is 3.64. The molecule has 0 heterocycles. The van der Waals surface area contributed by atoms with Crippen molar-refractivity contribution in [2.45, 2.75) is 64.5 Å². The average molecular weight is 275 g/mol. The van der Waals surface area contributed by atoms with Crippen LogP contribution in [0.5, 0.6) is 0 Å². The molecule has 3 N–H and O–H groups in total. The van der Waals surface area contributed by atoms with Gasteiger partial charge in [0, 0.05) is 18.5 Å². The highest BCUT2D eigenvalue weighted by atomic mass is 35.5. The molecule has 2 rings (SSSR count). The van der Waals surface area contributed by atoms with E-state index >= 15 is 0 Å². The standard InChI is InChI=1S/C14H26N2O.ClH/c1-9(2)6-13(17)16-14-10-4-3-5-11(14)8-12(15)7-10;/h9-12,14H,3-8,15H2,1-2H3,(H,16,17);1H. The lowest BCUT2D eigenvalue weighted by Gasteiger charge is -2.45. The number of nitrogens with one attached hydrogen (secondary N) is 1. The Balaban J connectivity index is 0.00000162. The van der Waals surface area contributed by atoms with Crippen LogP contribution in [-0.2, 0) is 4.79 Å². The third kappa shape index (κ3) is 3.86. The second-order valence-corrected chi connectivity index (χ2v) is 6.37. The minimum atomic E-state index is 0. The summed E-state index contributed by atoms with van der Waals surface area (Å²) in [5.41, 5.74) is 6.09. The van der Waals surface area contributed by atoms with Gasteiger partial charge in [-0.2, -0.15) is 0 Å². The van der Waals surface area contributed by atoms with Gasteiger partial charge in [0.05, 0.1) is 0 Å². The van der Waals surface area contributed by atoms with Gasteiger partial charge >= 0.3 is 0 Å². The monoisotopic (exact) mass is 274 g/mol. The van der Waals surface area contributed by atoms with E-state index in [4.69, 9.17) is 5.73 Å². The van der Waals surface area contributed by atoms with Gasteiger partial charge < -0.3 is 11.1 Å². The molecule has 4 heteroatoms. The van der Waals surface area contributed by atoms with Crippen LogP contribution in [0.25, 0.3) is 0 Å². The highest BCUT2D eigenvalue weighted by Gasteiger charge is 2.39. The fourth-order valence-electron chi connectivity index (χ4n) is 3.64. The summed E-state index contributed by atoms with van der Waals surface area (Å²) in [4.78, 5) is 11.9. The van der Waals surface area contributed by atoms with E-state index in [9.17, 15) is 4.79 Å². The molecule has 0 radical (unpaired) electrons. The van der Waals surface area contributed by atoms with E-state index in [2.05, 4.69) is 19.2 Å². The van der Waals surface area contributed by atoms with E-state index in [0.29, 0.717) is 36.3 Å². The van der Waals surface area contributed by atoms with Gasteiger partial charge in [0.1, 0.15) is 0 Å². The molecule has 2 aliphatic carbocycles. The summed E-state index contributed by atoms with van der Waals surface area (Å²) < 4.78 is 0. The number of nitrogens with two attached hydrogens (primary N) is 1. The van der Waals surface area contributed by atoms with Crippen molar-refractivity contribution >= 4 is 18.3 Å². The zero-order valence-corrected chi connectivity index (χ0v) is 12.3. The number of carbonyl (C=O) groups excluding carboxylic acids is 1. The van der Waals surface area contributed by atoms with Gasteiger partial charge in [-0.05, 0) is 43.4 Å². The van der Waals surface area contributed by atoms with Crippen molar-refractivity contribution in [3.05, 3.63) is 0 Å². The lowest BCUT2D eigenvalue weighted by atomic mass is 9.67. The third-order valence-corrected chi connectivity index (χ3v) is 4.30. The number of halogens is 1. The van der Waals surface area contributed by atoms with Gasteiger partial charge in [-0.3, -0.25) is 4.79 Å². The van der Waals surface area contributed by atoms with Gasteiger partial charge in [0.2, 0.25) is 5.91 Å². The first-order valence-electron chi connectivity index (χ1n) is 7.11. The van der Waals surface area contributed by atoms with E-state index in [1.165, 1.54) is 19.3 Å². The topological polar surface area (TPSA) is 55.1 Å². The first kappa shape index (κ1) is 15.8. The smallest absolute Gasteiger partial charge is 0.220 e. The summed E-state index contributed by atoms with van der Waals surface area (Å²) in [5, 5.41) is 3.28. The molecule has 0 saturated heterocycles. The molecule has 2 aliphatic rings. The Labute approximate surface area is 117 Å². The molecule has 0 aromatic rings. The van der Waals surface area contributed by atoms with E-state index < -0.39 is 0 Å². The van der Waals surface area contributed by atoms with E-state index in [1.807, 2.05) is 0 Å². The van der Waals surface area contributed by atoms with E-state index in [1.54, 1.807) is 0 Å². The molecular formula is C14H27ClN2O. The lowest BCUT2D eigenvalue weighted by Crippen LogP contribution is -2.53. The van der Waals surface area contributed by atoms with Crippen LogP contribution < -0.4 is 11.1 Å². The van der Waals surface area contributed by atoms with Crippen molar-refractivity contribution in [3.8, 4) is 0 Å². The molecule has 1 amide bonds. The van der Waals surface area contributed by atoms with Crippen LogP contribution in [0.3, 0.4) is 0 Å². The molecule has 3 nitrogen and oxygen atoms in total. The van der Waals surface area contributed by atoms with Crippen LogP contribution in [0.15, 0.2) is 0 Å². The number of amides is 1. The van der Waals surface area contributed by atoms with Crippen LogP contribution in [0.1, 0.15) is 52.4 Å². The van der Waals surface area contributed by atoms with E-state index in [-0.39, 0.29) is 18.3 Å².